The van der Waals surface area contributed by atoms with Gasteiger partial charge in [0.15, 0.2) is 11.6 Å². The van der Waals surface area contributed by atoms with Crippen LogP contribution in [0.15, 0.2) is 70.9 Å². The number of nitrogens with zero attached hydrogens (tertiary/aromatic N) is 6. The number of fused-ring (bicyclic) bond motifs is 2. The van der Waals surface area contributed by atoms with Crippen LogP contribution in [0.25, 0.3) is 21.7 Å². The zero-order valence-electron chi connectivity index (χ0n) is 24.9. The lowest BCUT2D eigenvalue weighted by Gasteiger charge is -2.26. The van der Waals surface area contributed by atoms with E-state index in [1.807, 2.05) is 12.1 Å². The van der Waals surface area contributed by atoms with Gasteiger partial charge in [-0.3, -0.25) is 39.9 Å². The van der Waals surface area contributed by atoms with E-state index < -0.39 is 17.8 Å². The van der Waals surface area contributed by atoms with Crippen LogP contribution in [0.5, 0.6) is 0 Å². The first-order valence-corrected chi connectivity index (χ1v) is 15.5. The summed E-state index contributed by atoms with van der Waals surface area (Å²) >= 11 is 1.38. The number of Topliss-reactive ketones (excluding diaryl/α,β-unsaturated/α-hetero) is 1. The quantitative estimate of drug-likeness (QED) is 0.187. The number of thiophene rings is 1. The van der Waals surface area contributed by atoms with Gasteiger partial charge in [-0.05, 0) is 49.0 Å². The number of carbonyl (C=O) groups excluding carboxylic acids is 1. The molecule has 2 N–H and O–H groups in total. The summed E-state index contributed by atoms with van der Waals surface area (Å²) in [6, 6.07) is 4.93. The van der Waals surface area contributed by atoms with Crippen LogP contribution in [0, 0.1) is 5.82 Å². The van der Waals surface area contributed by atoms with Crippen LogP contribution in [0.4, 0.5) is 18.9 Å². The predicted octanol–water partition coefficient (Wildman–Crippen LogP) is 6.05. The van der Waals surface area contributed by atoms with Crippen molar-refractivity contribution in [2.45, 2.75) is 38.4 Å². The van der Waals surface area contributed by atoms with E-state index in [1.54, 1.807) is 41.8 Å². The van der Waals surface area contributed by atoms with Crippen molar-refractivity contribution in [3.8, 4) is 21.7 Å². The molecule has 0 bridgehead atoms. The zero-order valence-corrected chi connectivity index (χ0v) is 25.7. The minimum atomic E-state index is -2.71. The average Bonchev–Trinajstić information content (AvgIpc) is 3.60. The molecule has 3 aliphatic rings. The number of aromatic nitrogens is 3. The molecule has 13 heteroatoms. The molecule has 4 aromatic heterocycles. The summed E-state index contributed by atoms with van der Waals surface area (Å²) in [6.07, 6.45) is 9.85. The maximum atomic E-state index is 16.7. The fraction of sp³-hybridized carbons (Fsp3) is 0.273. The Kier molecular flexibility index (Phi) is 7.83. The summed E-state index contributed by atoms with van der Waals surface area (Å²) in [5, 5.41) is 6.60. The molecule has 1 atom stereocenters. The second kappa shape index (κ2) is 12.0. The number of ketones is 1. The molecule has 9 nitrogen and oxygen atoms in total. The molecule has 4 aromatic rings. The average molecular weight is 643 g/mol. The predicted molar refractivity (Wildman–Crippen MR) is 172 cm³/mol. The number of hydrogen-bond donors (Lipinski definition) is 2. The first kappa shape index (κ1) is 30.1. The van der Waals surface area contributed by atoms with Crippen molar-refractivity contribution < 1.29 is 18.0 Å². The van der Waals surface area contributed by atoms with Gasteiger partial charge >= 0.3 is 0 Å². The van der Waals surface area contributed by atoms with Gasteiger partial charge in [-0.1, -0.05) is 0 Å². The Labute approximate surface area is 267 Å². The second-order valence-electron chi connectivity index (χ2n) is 11.5. The molecule has 1 unspecified atom stereocenters. The summed E-state index contributed by atoms with van der Waals surface area (Å²) < 4.78 is 44.2. The van der Waals surface area contributed by atoms with Crippen LogP contribution in [0.2, 0.25) is 0 Å². The van der Waals surface area contributed by atoms with E-state index in [-0.39, 0.29) is 49.8 Å². The number of rotatable bonds is 7. The van der Waals surface area contributed by atoms with Crippen LogP contribution >= 0.6 is 11.3 Å². The summed E-state index contributed by atoms with van der Waals surface area (Å²) in [5.41, 5.74) is 5.41. The minimum Gasteiger partial charge on any atom is -0.352 e. The van der Waals surface area contributed by atoms with E-state index in [2.05, 4.69) is 37.3 Å². The molecular weight excluding hydrogens is 613 g/mol. The lowest BCUT2D eigenvalue weighted by Crippen LogP contribution is -2.24. The van der Waals surface area contributed by atoms with E-state index in [1.165, 1.54) is 24.5 Å². The summed E-state index contributed by atoms with van der Waals surface area (Å²) in [7, 11) is 0. The molecule has 0 radical (unpaired) electrons. The van der Waals surface area contributed by atoms with Gasteiger partial charge in [-0.25, -0.2) is 13.2 Å². The first-order chi connectivity index (χ1) is 22.2. The number of allylic oxidation sites excluding steroid dienone is 1. The Hall–Kier alpha value is -4.59. The van der Waals surface area contributed by atoms with Crippen molar-refractivity contribution in [3.63, 3.8) is 0 Å². The standard InChI is InChI=1S/C33H29F3N8OS/c1-18(45)26-3-4-27(46-26)22-13-39-14-25-29(22)23(37-2)8-24(43-25)32-28-21(11-40-17-42-32)12-41-31(30(28)34)20-7-19(9-38-10-20)15-44-6-5-33(35,36)16-44/h3-4,7-10,12-14,23,40,43H,2,5-6,11,15-17H2,1H3. The molecule has 1 fully saturated rings. The molecule has 7 rings (SSSR count). The Morgan fingerprint density at radius 3 is 2.80 bits per heavy atom. The van der Waals surface area contributed by atoms with Crippen molar-refractivity contribution in [3.05, 3.63) is 93.9 Å². The van der Waals surface area contributed by atoms with Crippen molar-refractivity contribution in [2.75, 3.05) is 25.1 Å². The molecule has 0 amide bonds. The molecule has 7 heterocycles. The minimum absolute atomic E-state index is 0.0130. The van der Waals surface area contributed by atoms with Crippen molar-refractivity contribution in [2.24, 2.45) is 9.98 Å². The number of aliphatic imine (C=N–C) groups is 2. The van der Waals surface area contributed by atoms with Crippen LogP contribution in [0.1, 0.15) is 51.3 Å². The van der Waals surface area contributed by atoms with Gasteiger partial charge in [0.05, 0.1) is 47.4 Å². The molecule has 3 aliphatic heterocycles. The van der Waals surface area contributed by atoms with Crippen LogP contribution < -0.4 is 10.6 Å². The van der Waals surface area contributed by atoms with Crippen LogP contribution in [0.3, 0.4) is 0 Å². The number of hydrogen-bond acceptors (Lipinski definition) is 10. The zero-order chi connectivity index (χ0) is 32.0. The van der Waals surface area contributed by atoms with E-state index in [0.717, 1.165) is 16.0 Å². The normalized spacial score (nSPS) is 18.9. The van der Waals surface area contributed by atoms with Crippen molar-refractivity contribution >= 4 is 35.2 Å². The van der Waals surface area contributed by atoms with Gasteiger partial charge in [0.1, 0.15) is 5.69 Å². The lowest BCUT2D eigenvalue weighted by atomic mass is 9.92. The monoisotopic (exact) mass is 642 g/mol. The van der Waals surface area contributed by atoms with Crippen molar-refractivity contribution in [1.29, 1.82) is 0 Å². The van der Waals surface area contributed by atoms with Crippen LogP contribution in [-0.4, -0.2) is 63.7 Å². The Balaban J connectivity index is 1.25. The number of halogens is 3. The Morgan fingerprint density at radius 1 is 1.20 bits per heavy atom. The smallest absolute Gasteiger partial charge is 0.261 e. The second-order valence-corrected chi connectivity index (χ2v) is 12.6. The molecule has 1 saturated heterocycles. The van der Waals surface area contributed by atoms with Gasteiger partial charge < -0.3 is 5.32 Å². The maximum absolute atomic E-state index is 16.7. The van der Waals surface area contributed by atoms with Gasteiger partial charge in [0.25, 0.3) is 5.92 Å². The molecule has 234 valence electrons. The molecule has 0 aliphatic carbocycles. The van der Waals surface area contributed by atoms with Gasteiger partial charge in [-0.2, -0.15) is 0 Å². The third-order valence-corrected chi connectivity index (χ3v) is 9.49. The topological polar surface area (TPSA) is 108 Å². The van der Waals surface area contributed by atoms with E-state index in [9.17, 15) is 13.6 Å². The number of alkyl halides is 2. The fourth-order valence-corrected chi connectivity index (χ4v) is 7.03. The SMILES string of the molecule is C=NC1C=C(C2=NCNCc3cnc(-c4cncc(CN5CCC(F)(F)C5)c4)c(F)c32)Nc2cncc(-c3ccc(C(C)=O)s3)c21. The molecular formula is C33H29F3N8OS. The third kappa shape index (κ3) is 5.65. The molecule has 0 spiro atoms. The number of pyridine rings is 3. The van der Waals surface area contributed by atoms with Crippen LogP contribution in [-0.2, 0) is 13.1 Å². The van der Waals surface area contributed by atoms with E-state index in [4.69, 9.17) is 4.99 Å². The van der Waals surface area contributed by atoms with Gasteiger partial charge in [-0.15, -0.1) is 11.3 Å². The maximum Gasteiger partial charge on any atom is 0.261 e. The van der Waals surface area contributed by atoms with E-state index >= 15 is 4.39 Å². The van der Waals surface area contributed by atoms with Gasteiger partial charge in [0.2, 0.25) is 0 Å². The molecule has 46 heavy (non-hydrogen) atoms. The third-order valence-electron chi connectivity index (χ3n) is 8.27. The van der Waals surface area contributed by atoms with Crippen molar-refractivity contribution in [1.82, 2.24) is 25.2 Å². The summed E-state index contributed by atoms with van der Waals surface area (Å²) in [6.45, 7) is 6.21. The summed E-state index contributed by atoms with van der Waals surface area (Å²) in [5.74, 6) is -3.28. The molecule has 0 aromatic carbocycles. The molecule has 0 saturated carbocycles. The van der Waals surface area contributed by atoms with E-state index in [0.29, 0.717) is 45.2 Å². The highest BCUT2D eigenvalue weighted by Crippen LogP contribution is 2.42. The van der Waals surface area contributed by atoms with Gasteiger partial charge in [0, 0.05) is 78.0 Å². The largest absolute Gasteiger partial charge is 0.352 e. The lowest BCUT2D eigenvalue weighted by molar-refractivity contribution is 0.0115. The Bertz CT molecular complexity index is 1940. The highest BCUT2D eigenvalue weighted by atomic mass is 32.1. The number of likely N-dealkylation sites (tertiary alicyclic amines) is 1. The number of carbonyl (C=O) groups is 1. The Morgan fingerprint density at radius 2 is 2.04 bits per heavy atom. The first-order valence-electron chi connectivity index (χ1n) is 14.7. The fourth-order valence-electron chi connectivity index (χ4n) is 6.11. The number of nitrogens with one attached hydrogen (secondary N) is 2. The highest BCUT2D eigenvalue weighted by molar-refractivity contribution is 7.17. The highest BCUT2D eigenvalue weighted by Gasteiger charge is 2.38. The number of anilines is 1. The summed E-state index contributed by atoms with van der Waals surface area (Å²) in [4.78, 5) is 37.5.